The zero-order chi connectivity index (χ0) is 35.6. The first-order chi connectivity index (χ1) is 22.8. The Labute approximate surface area is 283 Å². The molecular weight excluding hydrogens is 694 g/mol. The molecule has 20 heteroatoms. The topological polar surface area (TPSA) is 200 Å². The van der Waals surface area contributed by atoms with Crippen molar-refractivity contribution in [3.8, 4) is 0 Å². The number of aromatic nitrogens is 2. The minimum Gasteiger partial charge on any atom is -0.346 e. The van der Waals surface area contributed by atoms with Crippen molar-refractivity contribution < 1.29 is 65.1 Å². The van der Waals surface area contributed by atoms with Crippen LogP contribution in [0.5, 0.6) is 0 Å². The molecule has 278 valence electrons. The van der Waals surface area contributed by atoms with E-state index in [1.54, 1.807) is 55.4 Å². The van der Waals surface area contributed by atoms with Gasteiger partial charge in [-0.25, -0.2) is 4.79 Å². The van der Waals surface area contributed by atoms with E-state index < -0.39 is 105 Å². The predicted octanol–water partition coefficient (Wildman–Crippen LogP) is 2.80. The highest BCUT2D eigenvalue weighted by Crippen LogP contribution is 2.64. The van der Waals surface area contributed by atoms with E-state index in [-0.39, 0.29) is 26.4 Å². The molecule has 11 atom stereocenters. The fourth-order valence-corrected chi connectivity index (χ4v) is 11.4. The van der Waals surface area contributed by atoms with Crippen molar-refractivity contribution in [2.75, 3.05) is 32.3 Å². The Morgan fingerprint density at radius 1 is 0.694 bits per heavy atom. The molecule has 6 rings (SSSR count). The molecule has 1 aromatic rings. The third kappa shape index (κ3) is 8.03. The molecule has 0 spiro atoms. The van der Waals surface area contributed by atoms with E-state index >= 15 is 0 Å². The largest absolute Gasteiger partial charge is 0.346 e. The van der Waals surface area contributed by atoms with Crippen molar-refractivity contribution in [1.29, 1.82) is 0 Å². The quantitative estimate of drug-likeness (QED) is 0.289. The number of H-pyrrole nitrogens is 1. The molecule has 1 aromatic heterocycles. The molecule has 0 saturated carbocycles. The summed E-state index contributed by atoms with van der Waals surface area (Å²) >= 11 is 0. The second kappa shape index (κ2) is 13.6. The monoisotopic (exact) mass is 740 g/mol. The number of nitrogens with zero attached hydrogens (tertiary/aromatic N) is 1. The summed E-state index contributed by atoms with van der Waals surface area (Å²) in [6, 6.07) is 1.18. The summed E-state index contributed by atoms with van der Waals surface area (Å²) in [6.07, 6.45) is -5.55. The van der Waals surface area contributed by atoms with Gasteiger partial charge in [0, 0.05) is 12.3 Å². The van der Waals surface area contributed by atoms with Gasteiger partial charge >= 0.3 is 20.9 Å². The van der Waals surface area contributed by atoms with E-state index in [0.29, 0.717) is 0 Å². The standard InChI is InChI=1S/C29H46N2O16P2/c1-9-36-48(34,38-13-16-20-22(45-28(5,6)43-20)24(40-16)31-12-11-18(32)30-26(31)33)15-49(35,37-10-2)39-14-17-19-21(44-27(3,4)42-19)23-25(41-17)47-29(7,8)46-23/h11-12,16-17,19-25H,9-10,13-15H2,1-8H3,(H,30,32,33)/t16-,17-,19+,20-,21+,22-,23-,24-,25-,48?,49?/m1/s1. The lowest BCUT2D eigenvalue weighted by Crippen LogP contribution is -2.56. The van der Waals surface area contributed by atoms with Crippen LogP contribution in [-0.4, -0.2) is 108 Å². The molecule has 6 heterocycles. The highest BCUT2D eigenvalue weighted by Gasteiger charge is 2.61. The number of ether oxygens (including phenoxy) is 8. The number of nitrogens with one attached hydrogen (secondary N) is 1. The van der Waals surface area contributed by atoms with Crippen LogP contribution in [-0.2, 0) is 65.1 Å². The van der Waals surface area contributed by atoms with E-state index in [2.05, 4.69) is 4.98 Å². The van der Waals surface area contributed by atoms with Crippen LogP contribution in [0.1, 0.15) is 61.6 Å². The van der Waals surface area contributed by atoms with Gasteiger partial charge in [-0.1, -0.05) is 0 Å². The van der Waals surface area contributed by atoms with Crippen molar-refractivity contribution in [3.05, 3.63) is 33.1 Å². The molecule has 18 nitrogen and oxygen atoms in total. The van der Waals surface area contributed by atoms with Crippen LogP contribution in [0.25, 0.3) is 0 Å². The van der Waals surface area contributed by atoms with Gasteiger partial charge in [0.2, 0.25) is 0 Å². The van der Waals surface area contributed by atoms with Gasteiger partial charge in [-0.05, 0) is 55.4 Å². The molecule has 0 aliphatic carbocycles. The first-order valence-electron chi connectivity index (χ1n) is 16.3. The Hall–Kier alpha value is -1.34. The van der Waals surface area contributed by atoms with Gasteiger partial charge in [0.15, 0.2) is 35.8 Å². The van der Waals surface area contributed by atoms with E-state index in [1.807, 2.05) is 0 Å². The second-order valence-corrected chi connectivity index (χ2v) is 18.3. The molecule has 5 aliphatic rings. The molecule has 0 radical (unpaired) electrons. The fourth-order valence-electron chi connectivity index (χ4n) is 6.69. The van der Waals surface area contributed by atoms with Crippen LogP contribution < -0.4 is 11.2 Å². The lowest BCUT2D eigenvalue weighted by atomic mass is 9.99. The molecule has 0 aromatic carbocycles. The van der Waals surface area contributed by atoms with Gasteiger partial charge in [0.1, 0.15) is 42.7 Å². The van der Waals surface area contributed by atoms with Crippen molar-refractivity contribution in [3.63, 3.8) is 0 Å². The van der Waals surface area contributed by atoms with Gasteiger partial charge in [-0.3, -0.25) is 23.5 Å². The zero-order valence-electron chi connectivity index (χ0n) is 28.8. The van der Waals surface area contributed by atoms with Crippen LogP contribution in [0.15, 0.2) is 21.9 Å². The molecule has 49 heavy (non-hydrogen) atoms. The molecular formula is C29H46N2O16P2. The lowest BCUT2D eigenvalue weighted by Gasteiger charge is -2.37. The second-order valence-electron chi connectivity index (χ2n) is 13.6. The van der Waals surface area contributed by atoms with Gasteiger partial charge in [-0.15, -0.1) is 0 Å². The molecule has 5 aliphatic heterocycles. The van der Waals surface area contributed by atoms with Crippen molar-refractivity contribution in [2.45, 2.75) is 128 Å². The highest BCUT2D eigenvalue weighted by atomic mass is 31.2. The summed E-state index contributed by atoms with van der Waals surface area (Å²) in [5, 5.41) is 0. The van der Waals surface area contributed by atoms with Gasteiger partial charge < -0.3 is 56.0 Å². The van der Waals surface area contributed by atoms with E-state index in [0.717, 1.165) is 0 Å². The minimum absolute atomic E-state index is 0.0329. The summed E-state index contributed by atoms with van der Waals surface area (Å²) in [5.74, 6) is -3.66. The third-order valence-corrected chi connectivity index (χ3v) is 13.5. The SMILES string of the molecule is CCOP(=O)(CP(=O)(OCC)OC[C@H]1O[C@@H](n2ccc(=O)[nH]c2=O)[C@@H]2OC(C)(C)O[C@@H]21)OC[C@H]1O[C@@H]2OC(C)(C)O[C@@H]2[C@H]2OC(C)(C)O[C@H]21. The normalized spacial score (nSPS) is 38.0. The highest BCUT2D eigenvalue weighted by molar-refractivity contribution is 7.71. The maximum Gasteiger partial charge on any atom is 0.342 e. The maximum atomic E-state index is 14.2. The van der Waals surface area contributed by atoms with E-state index in [9.17, 15) is 18.7 Å². The summed E-state index contributed by atoms with van der Waals surface area (Å²) in [6.45, 7) is 13.0. The van der Waals surface area contributed by atoms with Crippen molar-refractivity contribution in [2.24, 2.45) is 0 Å². The number of hydrogen-bond donors (Lipinski definition) is 1. The first kappa shape index (κ1) is 37.4. The average molecular weight is 741 g/mol. The average Bonchev–Trinajstić information content (AvgIpc) is 3.67. The Balaban J connectivity index is 1.16. The maximum absolute atomic E-state index is 14.2. The van der Waals surface area contributed by atoms with E-state index in [4.69, 9.17) is 56.0 Å². The zero-order valence-corrected chi connectivity index (χ0v) is 30.5. The summed E-state index contributed by atoms with van der Waals surface area (Å²) in [5.41, 5.74) is -1.28. The van der Waals surface area contributed by atoms with Crippen LogP contribution in [0.3, 0.4) is 0 Å². The fraction of sp³-hybridized carbons (Fsp3) is 0.862. The third-order valence-electron chi connectivity index (χ3n) is 8.37. The molecule has 0 amide bonds. The summed E-state index contributed by atoms with van der Waals surface area (Å²) in [7, 11) is -8.37. The summed E-state index contributed by atoms with van der Waals surface area (Å²) in [4.78, 5) is 26.4. The Morgan fingerprint density at radius 2 is 1.18 bits per heavy atom. The minimum atomic E-state index is -4.19. The van der Waals surface area contributed by atoms with E-state index in [1.165, 1.54) is 16.8 Å². The van der Waals surface area contributed by atoms with Crippen LogP contribution >= 0.6 is 15.2 Å². The first-order valence-corrected chi connectivity index (χ1v) is 19.8. The molecule has 2 unspecified atom stereocenters. The number of rotatable bonds is 13. The Morgan fingerprint density at radius 3 is 1.76 bits per heavy atom. The van der Waals surface area contributed by atoms with Gasteiger partial charge in [0.25, 0.3) is 5.56 Å². The molecule has 5 saturated heterocycles. The Bertz CT molecular complexity index is 1580. The van der Waals surface area contributed by atoms with Gasteiger partial charge in [0.05, 0.1) is 26.4 Å². The predicted molar refractivity (Wildman–Crippen MR) is 167 cm³/mol. The number of fused-ring (bicyclic) bond motifs is 4. The molecule has 5 fully saturated rings. The van der Waals surface area contributed by atoms with Gasteiger partial charge in [-0.2, -0.15) is 0 Å². The number of aromatic amines is 1. The number of hydrogen-bond acceptors (Lipinski definition) is 16. The van der Waals surface area contributed by atoms with Crippen LogP contribution in [0, 0.1) is 0 Å². The van der Waals surface area contributed by atoms with Crippen LogP contribution in [0.2, 0.25) is 0 Å². The van der Waals surface area contributed by atoms with Crippen LogP contribution in [0.4, 0.5) is 0 Å². The lowest BCUT2D eigenvalue weighted by molar-refractivity contribution is -0.238. The van der Waals surface area contributed by atoms with Crippen molar-refractivity contribution in [1.82, 2.24) is 9.55 Å². The Kier molecular flexibility index (Phi) is 10.4. The molecule has 0 bridgehead atoms. The summed E-state index contributed by atoms with van der Waals surface area (Å²) < 4.78 is 101. The smallest absolute Gasteiger partial charge is 0.342 e. The van der Waals surface area contributed by atoms with Crippen molar-refractivity contribution >= 4 is 15.2 Å². The molecule has 1 N–H and O–H groups in total.